The Morgan fingerprint density at radius 1 is 1.32 bits per heavy atom. The third-order valence-corrected chi connectivity index (χ3v) is 4.93. The summed E-state index contributed by atoms with van der Waals surface area (Å²) in [6, 6.07) is 4.29. The minimum Gasteiger partial charge on any atom is -0.444 e. The fraction of sp³-hybridized carbons (Fsp3) is 0.667. The number of hydrogen-bond donors (Lipinski definition) is 2. The summed E-state index contributed by atoms with van der Waals surface area (Å²) in [4.78, 5) is 24.8. The van der Waals surface area contributed by atoms with Gasteiger partial charge >= 0.3 is 6.09 Å². The van der Waals surface area contributed by atoms with Crippen LogP contribution in [0.2, 0.25) is 0 Å². The zero-order chi connectivity index (χ0) is 21.7. The molecule has 1 atom stereocenters. The first kappa shape index (κ1) is 25.4. The number of pyridine rings is 1. The minimum absolute atomic E-state index is 0. The summed E-state index contributed by atoms with van der Waals surface area (Å²) in [5.41, 5.74) is 0.601. The number of aromatic nitrogens is 1. The van der Waals surface area contributed by atoms with Gasteiger partial charge < -0.3 is 29.9 Å². The largest absolute Gasteiger partial charge is 0.444 e. The van der Waals surface area contributed by atoms with E-state index in [-0.39, 0.29) is 42.2 Å². The lowest BCUT2D eigenvalue weighted by molar-refractivity contribution is 0.00700. The molecule has 2 aliphatic heterocycles. The molecule has 3 heterocycles. The van der Waals surface area contributed by atoms with E-state index in [1.54, 1.807) is 11.9 Å². The lowest BCUT2D eigenvalue weighted by Crippen LogP contribution is -2.63. The fourth-order valence-corrected chi connectivity index (χ4v) is 3.35. The van der Waals surface area contributed by atoms with Crippen LogP contribution >= 0.6 is 24.0 Å². The normalized spacial score (nSPS) is 19.9. The van der Waals surface area contributed by atoms with Crippen molar-refractivity contribution >= 4 is 41.8 Å². The molecule has 1 aromatic rings. The highest BCUT2D eigenvalue weighted by atomic mass is 127. The predicted molar refractivity (Wildman–Crippen MR) is 132 cm³/mol. The van der Waals surface area contributed by atoms with Crippen LogP contribution < -0.4 is 15.5 Å². The van der Waals surface area contributed by atoms with Crippen molar-refractivity contribution in [1.29, 1.82) is 0 Å². The number of ether oxygens (including phenoxy) is 2. The molecule has 0 bridgehead atoms. The number of guanidine groups is 1. The van der Waals surface area contributed by atoms with Crippen LogP contribution in [-0.2, 0) is 16.0 Å². The van der Waals surface area contributed by atoms with Crippen LogP contribution in [0.4, 0.5) is 10.6 Å². The third-order valence-electron chi connectivity index (χ3n) is 4.93. The van der Waals surface area contributed by atoms with Gasteiger partial charge in [-0.2, -0.15) is 0 Å². The zero-order valence-electron chi connectivity index (χ0n) is 19.1. The quantitative estimate of drug-likeness (QED) is 0.340. The van der Waals surface area contributed by atoms with Gasteiger partial charge in [0.1, 0.15) is 11.4 Å². The first-order valence-corrected chi connectivity index (χ1v) is 10.5. The molecule has 31 heavy (non-hydrogen) atoms. The van der Waals surface area contributed by atoms with E-state index in [9.17, 15) is 4.79 Å². The molecule has 0 saturated carbocycles. The molecule has 0 radical (unpaired) electrons. The van der Waals surface area contributed by atoms with Crippen molar-refractivity contribution in [3.05, 3.63) is 23.9 Å². The molecule has 3 rings (SSSR count). The highest BCUT2D eigenvalue weighted by Gasteiger charge is 2.34. The van der Waals surface area contributed by atoms with Crippen molar-refractivity contribution in [3.8, 4) is 0 Å². The molecule has 10 heteroatoms. The van der Waals surface area contributed by atoms with Crippen LogP contribution in [-0.4, -0.2) is 79.5 Å². The number of carbonyl (C=O) groups excluding carboxylic acids is 1. The molecule has 2 aliphatic rings. The lowest BCUT2D eigenvalue weighted by Gasteiger charge is -2.40. The van der Waals surface area contributed by atoms with Crippen molar-refractivity contribution in [1.82, 2.24) is 20.5 Å². The number of carbonyl (C=O) groups is 1. The van der Waals surface area contributed by atoms with Gasteiger partial charge in [-0.3, -0.25) is 4.99 Å². The number of anilines is 1. The highest BCUT2D eigenvalue weighted by molar-refractivity contribution is 14.0. The number of hydrogen-bond acceptors (Lipinski definition) is 6. The molecule has 2 saturated heterocycles. The fourth-order valence-electron chi connectivity index (χ4n) is 3.35. The van der Waals surface area contributed by atoms with Gasteiger partial charge in [-0.15, -0.1) is 24.0 Å². The van der Waals surface area contributed by atoms with Crippen LogP contribution in [0, 0.1) is 0 Å². The topological polar surface area (TPSA) is 91.3 Å². The average molecular weight is 546 g/mol. The van der Waals surface area contributed by atoms with E-state index < -0.39 is 5.60 Å². The van der Waals surface area contributed by atoms with Crippen molar-refractivity contribution in [3.63, 3.8) is 0 Å². The number of nitrogens with one attached hydrogen (secondary N) is 2. The summed E-state index contributed by atoms with van der Waals surface area (Å²) in [7, 11) is 1.74. The molecule has 9 nitrogen and oxygen atoms in total. The van der Waals surface area contributed by atoms with Crippen molar-refractivity contribution < 1.29 is 14.3 Å². The first-order chi connectivity index (χ1) is 14.2. The van der Waals surface area contributed by atoms with Gasteiger partial charge in [0.15, 0.2) is 5.96 Å². The smallest absolute Gasteiger partial charge is 0.410 e. The molecule has 1 unspecified atom stereocenters. The Kier molecular flexibility index (Phi) is 9.16. The maximum atomic E-state index is 12.0. The molecule has 0 spiro atoms. The van der Waals surface area contributed by atoms with Crippen LogP contribution in [0.25, 0.3) is 0 Å². The Bertz CT molecular complexity index is 746. The number of rotatable bonds is 4. The van der Waals surface area contributed by atoms with E-state index in [2.05, 4.69) is 44.6 Å². The van der Waals surface area contributed by atoms with Crippen LogP contribution in [0.5, 0.6) is 0 Å². The zero-order valence-corrected chi connectivity index (χ0v) is 21.4. The second kappa shape index (κ2) is 11.2. The molecule has 174 valence electrons. The summed E-state index contributed by atoms with van der Waals surface area (Å²) in [6.07, 6.45) is 1.85. The van der Waals surface area contributed by atoms with E-state index in [1.807, 2.05) is 27.0 Å². The Labute approximate surface area is 202 Å². The molecule has 1 aromatic heterocycles. The number of aliphatic imine (C=N–C) groups is 1. The van der Waals surface area contributed by atoms with Crippen LogP contribution in [0.3, 0.4) is 0 Å². The maximum absolute atomic E-state index is 12.0. The van der Waals surface area contributed by atoms with Crippen molar-refractivity contribution in [2.75, 3.05) is 44.7 Å². The molecule has 1 amide bonds. The Morgan fingerprint density at radius 3 is 2.65 bits per heavy atom. The van der Waals surface area contributed by atoms with Gasteiger partial charge in [-0.25, -0.2) is 9.78 Å². The third kappa shape index (κ3) is 7.67. The minimum atomic E-state index is -0.475. The molecule has 0 aliphatic carbocycles. The van der Waals surface area contributed by atoms with Gasteiger partial charge in [0, 0.05) is 46.0 Å². The van der Waals surface area contributed by atoms with Gasteiger partial charge in [-0.1, -0.05) is 6.07 Å². The van der Waals surface area contributed by atoms with E-state index in [4.69, 9.17) is 9.47 Å². The van der Waals surface area contributed by atoms with Gasteiger partial charge in [0.25, 0.3) is 0 Å². The number of nitrogens with zero attached hydrogens (tertiary/aromatic N) is 4. The molecule has 2 N–H and O–H groups in total. The molecular weight excluding hydrogens is 511 g/mol. The highest BCUT2D eigenvalue weighted by Crippen LogP contribution is 2.16. The van der Waals surface area contributed by atoms with E-state index >= 15 is 0 Å². The van der Waals surface area contributed by atoms with Crippen LogP contribution in [0.15, 0.2) is 23.3 Å². The average Bonchev–Trinajstić information content (AvgIpc) is 2.65. The monoisotopic (exact) mass is 546 g/mol. The second-order valence-electron chi connectivity index (χ2n) is 8.80. The molecular formula is C21H35IN6O3. The first-order valence-electron chi connectivity index (χ1n) is 10.5. The van der Waals surface area contributed by atoms with E-state index in [0.717, 1.165) is 31.1 Å². The number of likely N-dealkylation sites (tertiary alicyclic amines) is 1. The van der Waals surface area contributed by atoms with Gasteiger partial charge in [0.2, 0.25) is 0 Å². The standard InChI is InChI=1S/C21H34N6O3.HI/c1-15-12-26(8-9-29-15)18-7-6-16(10-23-18)11-24-19(22-5)25-17-13-27(14-17)20(28)30-21(2,3)4;/h6-7,10,15,17H,8-9,11-14H2,1-5H3,(H2,22,24,25);1H. The summed E-state index contributed by atoms with van der Waals surface area (Å²) in [5, 5.41) is 6.64. The summed E-state index contributed by atoms with van der Waals surface area (Å²) in [6.45, 7) is 12.0. The maximum Gasteiger partial charge on any atom is 0.410 e. The second-order valence-corrected chi connectivity index (χ2v) is 8.80. The Balaban J connectivity index is 0.00000341. The molecule has 2 fully saturated rings. The van der Waals surface area contributed by atoms with Gasteiger partial charge in [0.05, 0.1) is 18.8 Å². The Hall–Kier alpha value is -1.82. The van der Waals surface area contributed by atoms with Crippen LogP contribution in [0.1, 0.15) is 33.3 Å². The number of amides is 1. The van der Waals surface area contributed by atoms with Crippen molar-refractivity contribution in [2.45, 2.75) is 52.0 Å². The van der Waals surface area contributed by atoms with Gasteiger partial charge in [-0.05, 0) is 39.3 Å². The van der Waals surface area contributed by atoms with E-state index in [1.165, 1.54) is 0 Å². The number of morpholine rings is 1. The molecule has 0 aromatic carbocycles. The summed E-state index contributed by atoms with van der Waals surface area (Å²) >= 11 is 0. The number of halogens is 1. The Morgan fingerprint density at radius 2 is 2.06 bits per heavy atom. The summed E-state index contributed by atoms with van der Waals surface area (Å²) in [5.74, 6) is 1.68. The lowest BCUT2D eigenvalue weighted by atomic mass is 10.1. The van der Waals surface area contributed by atoms with Crippen molar-refractivity contribution in [2.24, 2.45) is 4.99 Å². The summed E-state index contributed by atoms with van der Waals surface area (Å²) < 4.78 is 11.0. The predicted octanol–water partition coefficient (Wildman–Crippen LogP) is 2.21. The SMILES string of the molecule is CN=C(NCc1ccc(N2CCOC(C)C2)nc1)NC1CN(C(=O)OC(C)(C)C)C1.I. The van der Waals surface area contributed by atoms with E-state index in [0.29, 0.717) is 25.6 Å².